The lowest BCUT2D eigenvalue weighted by atomic mass is 9.95. The number of halogens is 2. The van der Waals surface area contributed by atoms with Crippen LogP contribution in [0.3, 0.4) is 0 Å². The molecule has 3 nitrogen and oxygen atoms in total. The molecule has 0 bridgehead atoms. The maximum Gasteiger partial charge on any atom is 0.125 e. The van der Waals surface area contributed by atoms with Crippen molar-refractivity contribution in [1.82, 2.24) is 10.2 Å². The molecule has 1 aromatic rings. The summed E-state index contributed by atoms with van der Waals surface area (Å²) in [7, 11) is 0. The van der Waals surface area contributed by atoms with E-state index in [-0.39, 0.29) is 6.42 Å². The van der Waals surface area contributed by atoms with Crippen molar-refractivity contribution in [2.75, 3.05) is 18.4 Å². The highest BCUT2D eigenvalue weighted by Gasteiger charge is 2.22. The standard InChI is InChI=1S/C23H25F2N3/c1-16-23(3-2-10-26-16)28-11-8-22(9-12-28)27-21-6-4-17(5-7-21)18-13-19(24)15-20(25)14-18/h2-7,10,13,15,20,22,26-27H,1,8-9,11-12,14H2. The van der Waals surface area contributed by atoms with Crippen molar-refractivity contribution in [3.63, 3.8) is 0 Å². The van der Waals surface area contributed by atoms with Crippen LogP contribution in [0.15, 0.2) is 78.6 Å². The van der Waals surface area contributed by atoms with Crippen LogP contribution in [-0.4, -0.2) is 30.2 Å². The molecule has 1 aliphatic carbocycles. The molecule has 1 aromatic carbocycles. The molecule has 2 N–H and O–H groups in total. The molecular weight excluding hydrogens is 356 g/mol. The molecule has 0 spiro atoms. The first-order chi connectivity index (χ1) is 13.6. The lowest BCUT2D eigenvalue weighted by molar-refractivity contribution is 0.274. The molecule has 1 unspecified atom stereocenters. The SMILES string of the molecule is C=C1NC=CC=C1N1CCC(Nc2ccc(C3=CC(F)=CC(F)C3)cc2)CC1. The quantitative estimate of drug-likeness (QED) is 0.764. The second-order valence-corrected chi connectivity index (χ2v) is 7.46. The second-order valence-electron chi connectivity index (χ2n) is 7.46. The van der Waals surface area contributed by atoms with Gasteiger partial charge in [-0.2, -0.15) is 0 Å². The zero-order valence-electron chi connectivity index (χ0n) is 15.8. The molecule has 5 heteroatoms. The third-order valence-electron chi connectivity index (χ3n) is 5.45. The summed E-state index contributed by atoms with van der Waals surface area (Å²) in [4.78, 5) is 2.37. The van der Waals surface area contributed by atoms with Gasteiger partial charge in [0.05, 0.1) is 11.4 Å². The number of alkyl halides is 1. The highest BCUT2D eigenvalue weighted by atomic mass is 19.1. The van der Waals surface area contributed by atoms with Crippen molar-refractivity contribution in [2.45, 2.75) is 31.5 Å². The highest BCUT2D eigenvalue weighted by molar-refractivity contribution is 5.71. The first-order valence-electron chi connectivity index (χ1n) is 9.75. The number of hydrogen-bond donors (Lipinski definition) is 2. The van der Waals surface area contributed by atoms with E-state index >= 15 is 0 Å². The molecule has 0 radical (unpaired) electrons. The van der Waals surface area contributed by atoms with E-state index < -0.39 is 12.0 Å². The van der Waals surface area contributed by atoms with Crippen molar-refractivity contribution in [1.29, 1.82) is 0 Å². The first kappa shape index (κ1) is 18.5. The number of benzene rings is 1. The monoisotopic (exact) mass is 381 g/mol. The van der Waals surface area contributed by atoms with Crippen LogP contribution in [0.1, 0.15) is 24.8 Å². The number of piperidine rings is 1. The van der Waals surface area contributed by atoms with Gasteiger partial charge >= 0.3 is 0 Å². The van der Waals surface area contributed by atoms with Crippen molar-refractivity contribution in [2.24, 2.45) is 0 Å². The van der Waals surface area contributed by atoms with Crippen molar-refractivity contribution < 1.29 is 8.78 Å². The average Bonchev–Trinajstić information content (AvgIpc) is 2.69. The molecule has 0 amide bonds. The van der Waals surface area contributed by atoms with Crippen LogP contribution in [0.25, 0.3) is 5.57 Å². The summed E-state index contributed by atoms with van der Waals surface area (Å²) in [5.41, 5.74) is 4.73. The highest BCUT2D eigenvalue weighted by Crippen LogP contribution is 2.30. The molecule has 1 atom stereocenters. The van der Waals surface area contributed by atoms with E-state index in [2.05, 4.69) is 28.2 Å². The van der Waals surface area contributed by atoms with E-state index in [0.29, 0.717) is 11.6 Å². The van der Waals surface area contributed by atoms with Gasteiger partial charge in [-0.05, 0) is 60.4 Å². The lowest BCUT2D eigenvalue weighted by Gasteiger charge is -2.36. The number of allylic oxidation sites excluding steroid dienone is 6. The third kappa shape index (κ3) is 4.19. The van der Waals surface area contributed by atoms with Gasteiger partial charge in [0.25, 0.3) is 0 Å². The van der Waals surface area contributed by atoms with Crippen LogP contribution in [0.2, 0.25) is 0 Å². The number of nitrogens with one attached hydrogen (secondary N) is 2. The molecule has 28 heavy (non-hydrogen) atoms. The molecule has 1 fully saturated rings. The van der Waals surface area contributed by atoms with Gasteiger partial charge in [0.15, 0.2) is 0 Å². The molecule has 4 rings (SSSR count). The summed E-state index contributed by atoms with van der Waals surface area (Å²) in [6.07, 6.45) is 9.51. The van der Waals surface area contributed by atoms with Crippen molar-refractivity contribution >= 4 is 11.3 Å². The van der Waals surface area contributed by atoms with E-state index in [0.717, 1.165) is 49.0 Å². The lowest BCUT2D eigenvalue weighted by Crippen LogP contribution is -2.40. The van der Waals surface area contributed by atoms with Crippen LogP contribution in [0.5, 0.6) is 0 Å². The summed E-state index contributed by atoms with van der Waals surface area (Å²) >= 11 is 0. The Morgan fingerprint density at radius 2 is 1.89 bits per heavy atom. The Hall–Kier alpha value is -2.82. The fraction of sp³-hybridized carbons (Fsp3) is 0.304. The summed E-state index contributed by atoms with van der Waals surface area (Å²) in [5, 5.41) is 6.75. The summed E-state index contributed by atoms with van der Waals surface area (Å²) in [6.45, 7) is 6.03. The van der Waals surface area contributed by atoms with Gasteiger partial charge in [-0.15, -0.1) is 0 Å². The Bertz CT molecular complexity index is 856. The summed E-state index contributed by atoms with van der Waals surface area (Å²) < 4.78 is 27.0. The molecule has 146 valence electrons. The van der Waals surface area contributed by atoms with E-state index in [1.807, 2.05) is 36.5 Å². The van der Waals surface area contributed by atoms with Crippen LogP contribution < -0.4 is 10.6 Å². The number of anilines is 1. The molecular formula is C23H25F2N3. The van der Waals surface area contributed by atoms with E-state index in [4.69, 9.17) is 0 Å². The average molecular weight is 381 g/mol. The fourth-order valence-corrected chi connectivity index (χ4v) is 3.96. The Morgan fingerprint density at radius 1 is 1.14 bits per heavy atom. The Kier molecular flexibility index (Phi) is 5.33. The van der Waals surface area contributed by atoms with Crippen molar-refractivity contribution in [3.05, 3.63) is 84.1 Å². The molecule has 0 saturated carbocycles. The van der Waals surface area contributed by atoms with Gasteiger partial charge in [-0.3, -0.25) is 0 Å². The Labute approximate surface area is 164 Å². The first-order valence-corrected chi connectivity index (χ1v) is 9.75. The molecule has 3 aliphatic rings. The van der Waals surface area contributed by atoms with Gasteiger partial charge in [0.1, 0.15) is 12.0 Å². The number of hydrogen-bond acceptors (Lipinski definition) is 3. The van der Waals surface area contributed by atoms with Crippen molar-refractivity contribution in [3.8, 4) is 0 Å². The Morgan fingerprint density at radius 3 is 2.57 bits per heavy atom. The third-order valence-corrected chi connectivity index (χ3v) is 5.45. The number of rotatable bonds is 4. The van der Waals surface area contributed by atoms with Crippen LogP contribution in [0, 0.1) is 0 Å². The van der Waals surface area contributed by atoms with Crippen LogP contribution >= 0.6 is 0 Å². The van der Waals surface area contributed by atoms with E-state index in [1.54, 1.807) is 0 Å². The summed E-state index contributed by atoms with van der Waals surface area (Å²) in [5.74, 6) is -0.496. The van der Waals surface area contributed by atoms with Crippen LogP contribution in [0.4, 0.5) is 14.5 Å². The zero-order chi connectivity index (χ0) is 19.5. The molecule has 0 aromatic heterocycles. The normalized spacial score (nSPS) is 22.9. The van der Waals surface area contributed by atoms with Gasteiger partial charge in [0, 0.05) is 37.4 Å². The summed E-state index contributed by atoms with van der Waals surface area (Å²) in [6, 6.07) is 8.26. The minimum atomic E-state index is -1.25. The van der Waals surface area contributed by atoms with E-state index in [1.165, 1.54) is 11.8 Å². The fourth-order valence-electron chi connectivity index (χ4n) is 3.96. The number of dihydropyridines is 1. The Balaban J connectivity index is 1.33. The predicted octanol–water partition coefficient (Wildman–Crippen LogP) is 5.06. The maximum atomic E-state index is 13.6. The van der Waals surface area contributed by atoms with E-state index in [9.17, 15) is 8.78 Å². The molecule has 1 saturated heterocycles. The van der Waals surface area contributed by atoms with Gasteiger partial charge in [-0.1, -0.05) is 18.7 Å². The molecule has 2 aliphatic heterocycles. The minimum absolute atomic E-state index is 0.226. The minimum Gasteiger partial charge on any atom is -0.382 e. The van der Waals surface area contributed by atoms with Crippen LogP contribution in [-0.2, 0) is 0 Å². The molecule has 2 heterocycles. The van der Waals surface area contributed by atoms with Gasteiger partial charge in [-0.25, -0.2) is 8.78 Å². The predicted molar refractivity (Wildman–Crippen MR) is 111 cm³/mol. The number of likely N-dealkylation sites (tertiary alicyclic amines) is 1. The number of nitrogens with zero attached hydrogens (tertiary/aromatic N) is 1. The largest absolute Gasteiger partial charge is 0.382 e. The zero-order valence-corrected chi connectivity index (χ0v) is 15.8. The smallest absolute Gasteiger partial charge is 0.125 e. The maximum absolute atomic E-state index is 13.6. The second kappa shape index (κ2) is 8.05. The topological polar surface area (TPSA) is 27.3 Å². The van der Waals surface area contributed by atoms with Gasteiger partial charge < -0.3 is 15.5 Å². The van der Waals surface area contributed by atoms with Gasteiger partial charge in [0.2, 0.25) is 0 Å².